The molecule has 1 fully saturated rings. The molecule has 0 bridgehead atoms. The van der Waals surface area contributed by atoms with E-state index in [-0.39, 0.29) is 12.1 Å². The Morgan fingerprint density at radius 2 is 2.00 bits per heavy atom. The van der Waals surface area contributed by atoms with Crippen LogP contribution < -0.4 is 5.32 Å². The molecule has 1 saturated carbocycles. The van der Waals surface area contributed by atoms with Crippen LogP contribution >= 0.6 is 11.8 Å². The van der Waals surface area contributed by atoms with E-state index in [2.05, 4.69) is 23.7 Å². The number of aliphatic hydroxyl groups excluding tert-OH is 1. The van der Waals surface area contributed by atoms with E-state index in [0.29, 0.717) is 0 Å². The standard InChI is InChI=1S/C13H19NOS/c1-16-13-9-5-3-7-11(13)14-10-6-2-4-8-12(10)15/h3,5,7,9-10,12,14-15H,2,4,6,8H2,1H3. The number of aliphatic hydroxyl groups is 1. The van der Waals surface area contributed by atoms with Crippen molar-refractivity contribution in [1.29, 1.82) is 0 Å². The monoisotopic (exact) mass is 237 g/mol. The highest BCUT2D eigenvalue weighted by molar-refractivity contribution is 7.98. The van der Waals surface area contributed by atoms with Crippen LogP contribution in [-0.2, 0) is 0 Å². The third-order valence-electron chi connectivity index (χ3n) is 3.18. The van der Waals surface area contributed by atoms with Crippen molar-refractivity contribution in [2.24, 2.45) is 0 Å². The average molecular weight is 237 g/mol. The minimum Gasteiger partial charge on any atom is -0.391 e. The Balaban J connectivity index is 2.07. The number of thioether (sulfide) groups is 1. The second-order valence-corrected chi connectivity index (χ2v) is 5.15. The summed E-state index contributed by atoms with van der Waals surface area (Å²) in [4.78, 5) is 1.25. The van der Waals surface area contributed by atoms with Crippen LogP contribution in [0.15, 0.2) is 29.2 Å². The number of para-hydroxylation sites is 1. The first-order chi connectivity index (χ1) is 7.81. The first-order valence-corrected chi connectivity index (χ1v) is 7.11. The Bertz CT molecular complexity index is 342. The number of rotatable bonds is 3. The smallest absolute Gasteiger partial charge is 0.0741 e. The fourth-order valence-electron chi connectivity index (χ4n) is 2.24. The van der Waals surface area contributed by atoms with Gasteiger partial charge in [-0.15, -0.1) is 11.8 Å². The molecule has 2 nitrogen and oxygen atoms in total. The summed E-state index contributed by atoms with van der Waals surface area (Å²) in [5.41, 5.74) is 1.15. The molecular weight excluding hydrogens is 218 g/mol. The highest BCUT2D eigenvalue weighted by atomic mass is 32.2. The quantitative estimate of drug-likeness (QED) is 0.792. The molecule has 2 N–H and O–H groups in total. The van der Waals surface area contributed by atoms with Crippen LogP contribution in [0.25, 0.3) is 0 Å². The van der Waals surface area contributed by atoms with Crippen molar-refractivity contribution in [1.82, 2.24) is 0 Å². The van der Waals surface area contributed by atoms with Crippen LogP contribution in [0, 0.1) is 0 Å². The Morgan fingerprint density at radius 1 is 1.25 bits per heavy atom. The average Bonchev–Trinajstić information content (AvgIpc) is 2.33. The van der Waals surface area contributed by atoms with Crippen LogP contribution in [0.1, 0.15) is 25.7 Å². The van der Waals surface area contributed by atoms with E-state index in [1.807, 2.05) is 12.1 Å². The van der Waals surface area contributed by atoms with Crippen molar-refractivity contribution in [3.05, 3.63) is 24.3 Å². The molecule has 0 spiro atoms. The van der Waals surface area contributed by atoms with E-state index in [1.165, 1.54) is 11.3 Å². The second-order valence-electron chi connectivity index (χ2n) is 4.30. The topological polar surface area (TPSA) is 32.3 Å². The van der Waals surface area contributed by atoms with Gasteiger partial charge in [0.15, 0.2) is 0 Å². The zero-order chi connectivity index (χ0) is 11.4. The molecule has 1 aliphatic rings. The van der Waals surface area contributed by atoms with Crippen LogP contribution in [-0.4, -0.2) is 23.5 Å². The van der Waals surface area contributed by atoms with Crippen LogP contribution in [0.2, 0.25) is 0 Å². The van der Waals surface area contributed by atoms with Crippen molar-refractivity contribution in [3.8, 4) is 0 Å². The van der Waals surface area contributed by atoms with Crippen molar-refractivity contribution in [3.63, 3.8) is 0 Å². The zero-order valence-corrected chi connectivity index (χ0v) is 10.5. The number of anilines is 1. The number of nitrogens with one attached hydrogen (secondary N) is 1. The van der Waals surface area contributed by atoms with E-state index in [1.54, 1.807) is 11.8 Å². The summed E-state index contributed by atoms with van der Waals surface area (Å²) in [6, 6.07) is 8.52. The van der Waals surface area contributed by atoms with E-state index >= 15 is 0 Å². The van der Waals surface area contributed by atoms with Crippen molar-refractivity contribution >= 4 is 17.4 Å². The zero-order valence-electron chi connectivity index (χ0n) is 9.65. The van der Waals surface area contributed by atoms with Gasteiger partial charge in [0.05, 0.1) is 12.1 Å². The molecule has 0 saturated heterocycles. The third kappa shape index (κ3) is 2.71. The summed E-state index contributed by atoms with van der Waals surface area (Å²) in [5.74, 6) is 0. The Kier molecular flexibility index (Phi) is 4.13. The Morgan fingerprint density at radius 3 is 2.75 bits per heavy atom. The molecule has 1 aromatic carbocycles. The second kappa shape index (κ2) is 5.60. The maximum absolute atomic E-state index is 9.92. The van der Waals surface area contributed by atoms with E-state index in [0.717, 1.165) is 24.9 Å². The largest absolute Gasteiger partial charge is 0.391 e. The highest BCUT2D eigenvalue weighted by Crippen LogP contribution is 2.28. The molecule has 16 heavy (non-hydrogen) atoms. The molecule has 3 heteroatoms. The van der Waals surface area contributed by atoms with Gasteiger partial charge < -0.3 is 10.4 Å². The van der Waals surface area contributed by atoms with Gasteiger partial charge in [0.1, 0.15) is 0 Å². The van der Waals surface area contributed by atoms with E-state index < -0.39 is 0 Å². The summed E-state index contributed by atoms with van der Waals surface area (Å²) in [5, 5.41) is 13.4. The molecule has 88 valence electrons. The minimum atomic E-state index is -0.191. The van der Waals surface area contributed by atoms with Crippen molar-refractivity contribution < 1.29 is 5.11 Å². The van der Waals surface area contributed by atoms with Gasteiger partial charge in [-0.2, -0.15) is 0 Å². The number of hydrogen-bond donors (Lipinski definition) is 2. The molecule has 1 aliphatic carbocycles. The molecule has 1 aromatic rings. The molecular formula is C13H19NOS. The molecule has 0 aromatic heterocycles. The van der Waals surface area contributed by atoms with Crippen LogP contribution in [0.4, 0.5) is 5.69 Å². The fourth-order valence-corrected chi connectivity index (χ4v) is 2.80. The molecule has 2 atom stereocenters. The first kappa shape index (κ1) is 11.8. The summed E-state index contributed by atoms with van der Waals surface area (Å²) >= 11 is 1.74. The fraction of sp³-hybridized carbons (Fsp3) is 0.538. The predicted octanol–water partition coefficient (Wildman–Crippen LogP) is 3.12. The maximum Gasteiger partial charge on any atom is 0.0741 e. The van der Waals surface area contributed by atoms with Gasteiger partial charge in [-0.25, -0.2) is 0 Å². The van der Waals surface area contributed by atoms with E-state index in [4.69, 9.17) is 0 Å². The Labute approximate surface area is 101 Å². The lowest BCUT2D eigenvalue weighted by Gasteiger charge is -2.29. The van der Waals surface area contributed by atoms with Gasteiger partial charge in [0, 0.05) is 10.6 Å². The molecule has 2 rings (SSSR count). The van der Waals surface area contributed by atoms with Gasteiger partial charge >= 0.3 is 0 Å². The maximum atomic E-state index is 9.92. The molecule has 2 unspecified atom stereocenters. The van der Waals surface area contributed by atoms with Gasteiger partial charge in [-0.05, 0) is 31.2 Å². The Hall–Kier alpha value is -0.670. The minimum absolute atomic E-state index is 0.191. The van der Waals surface area contributed by atoms with Crippen LogP contribution in [0.3, 0.4) is 0 Å². The first-order valence-electron chi connectivity index (χ1n) is 5.89. The van der Waals surface area contributed by atoms with Crippen molar-refractivity contribution in [2.45, 2.75) is 42.7 Å². The molecule has 0 heterocycles. The number of hydrogen-bond acceptors (Lipinski definition) is 3. The van der Waals surface area contributed by atoms with Crippen molar-refractivity contribution in [2.75, 3.05) is 11.6 Å². The number of benzene rings is 1. The summed E-state index contributed by atoms with van der Waals surface area (Å²) in [7, 11) is 0. The van der Waals surface area contributed by atoms with Gasteiger partial charge in [-0.3, -0.25) is 0 Å². The third-order valence-corrected chi connectivity index (χ3v) is 3.97. The van der Waals surface area contributed by atoms with Gasteiger partial charge in [-0.1, -0.05) is 25.0 Å². The molecule has 0 amide bonds. The van der Waals surface area contributed by atoms with Gasteiger partial charge in [0.2, 0.25) is 0 Å². The summed E-state index contributed by atoms with van der Waals surface area (Å²) in [6.45, 7) is 0. The lowest BCUT2D eigenvalue weighted by molar-refractivity contribution is 0.116. The lowest BCUT2D eigenvalue weighted by atomic mass is 9.92. The van der Waals surface area contributed by atoms with Crippen LogP contribution in [0.5, 0.6) is 0 Å². The SMILES string of the molecule is CSc1ccccc1NC1CCCCC1O. The normalized spacial score (nSPS) is 25.4. The summed E-state index contributed by atoms with van der Waals surface area (Å²) in [6.07, 6.45) is 6.27. The molecule has 0 radical (unpaired) electrons. The highest BCUT2D eigenvalue weighted by Gasteiger charge is 2.23. The summed E-state index contributed by atoms with van der Waals surface area (Å²) < 4.78 is 0. The lowest BCUT2D eigenvalue weighted by Crippen LogP contribution is -2.36. The van der Waals surface area contributed by atoms with E-state index in [9.17, 15) is 5.11 Å². The predicted molar refractivity (Wildman–Crippen MR) is 70.1 cm³/mol. The molecule has 0 aliphatic heterocycles. The van der Waals surface area contributed by atoms with Gasteiger partial charge in [0.25, 0.3) is 0 Å².